The molecule has 1 fully saturated rings. The van der Waals surface area contributed by atoms with Gasteiger partial charge in [0.15, 0.2) is 0 Å². The molecule has 0 unspecified atom stereocenters. The van der Waals surface area contributed by atoms with Crippen LogP contribution in [0.3, 0.4) is 0 Å². The van der Waals surface area contributed by atoms with E-state index in [4.69, 9.17) is 16.3 Å². The van der Waals surface area contributed by atoms with Gasteiger partial charge in [0.05, 0.1) is 18.0 Å². The van der Waals surface area contributed by atoms with E-state index >= 15 is 0 Å². The summed E-state index contributed by atoms with van der Waals surface area (Å²) in [6.45, 7) is 2.90. The number of hydrogen-bond donors (Lipinski definition) is 1. The van der Waals surface area contributed by atoms with Crippen molar-refractivity contribution in [2.75, 3.05) is 33.3 Å². The second kappa shape index (κ2) is 9.67. The van der Waals surface area contributed by atoms with Crippen LogP contribution in [0.1, 0.15) is 17.3 Å². The average Bonchev–Trinajstić information content (AvgIpc) is 2.78. The van der Waals surface area contributed by atoms with Crippen LogP contribution in [0.25, 0.3) is 0 Å². The number of sulfonamides is 1. The molecule has 1 saturated heterocycles. The van der Waals surface area contributed by atoms with Gasteiger partial charge in [-0.3, -0.25) is 9.59 Å². The molecule has 166 valence electrons. The normalized spacial score (nSPS) is 15.5. The summed E-state index contributed by atoms with van der Waals surface area (Å²) in [7, 11) is -2.30. The third-order valence-electron chi connectivity index (χ3n) is 5.04. The minimum Gasteiger partial charge on any atom is -0.497 e. The van der Waals surface area contributed by atoms with E-state index < -0.39 is 16.1 Å². The number of carbonyl (C=O) groups excluding carboxylic acids is 2. The van der Waals surface area contributed by atoms with Crippen LogP contribution in [-0.2, 0) is 14.8 Å². The van der Waals surface area contributed by atoms with Crippen molar-refractivity contribution in [3.63, 3.8) is 0 Å². The Morgan fingerprint density at radius 2 is 1.52 bits per heavy atom. The maximum absolute atomic E-state index is 12.7. The van der Waals surface area contributed by atoms with Crippen molar-refractivity contribution in [1.82, 2.24) is 14.5 Å². The topological polar surface area (TPSA) is 96.0 Å². The van der Waals surface area contributed by atoms with Crippen LogP contribution in [0, 0.1) is 0 Å². The molecular weight excluding hydrogens is 442 g/mol. The fraction of sp³-hybridized carbons (Fsp3) is 0.333. The number of piperazine rings is 1. The molecule has 8 nitrogen and oxygen atoms in total. The molecule has 1 atom stereocenters. The smallest absolute Gasteiger partial charge is 0.253 e. The molecule has 1 heterocycles. The molecule has 2 amide bonds. The van der Waals surface area contributed by atoms with Crippen LogP contribution in [0.15, 0.2) is 53.4 Å². The van der Waals surface area contributed by atoms with E-state index in [-0.39, 0.29) is 16.7 Å². The minimum absolute atomic E-state index is 0.0338. The van der Waals surface area contributed by atoms with Crippen molar-refractivity contribution >= 4 is 33.4 Å². The summed E-state index contributed by atoms with van der Waals surface area (Å²) in [5.74, 6) is 0.210. The monoisotopic (exact) mass is 465 g/mol. The molecule has 0 bridgehead atoms. The van der Waals surface area contributed by atoms with Crippen molar-refractivity contribution < 1.29 is 22.7 Å². The molecule has 2 aromatic carbocycles. The van der Waals surface area contributed by atoms with E-state index in [1.807, 2.05) is 0 Å². The lowest BCUT2D eigenvalue weighted by molar-refractivity contribution is -0.134. The maximum Gasteiger partial charge on any atom is 0.253 e. The third-order valence-corrected chi connectivity index (χ3v) is 6.85. The SMILES string of the molecule is COc1ccc(C(=O)N2CCN(C(=O)[C@H](C)NS(=O)(=O)c3ccc(Cl)cc3)CC2)cc1. The summed E-state index contributed by atoms with van der Waals surface area (Å²) in [6.07, 6.45) is 0. The second-order valence-electron chi connectivity index (χ2n) is 7.14. The summed E-state index contributed by atoms with van der Waals surface area (Å²) in [6, 6.07) is 11.6. The van der Waals surface area contributed by atoms with Gasteiger partial charge in [-0.15, -0.1) is 0 Å². The van der Waals surface area contributed by atoms with E-state index in [1.54, 1.807) is 41.2 Å². The van der Waals surface area contributed by atoms with E-state index in [1.165, 1.54) is 31.2 Å². The van der Waals surface area contributed by atoms with Gasteiger partial charge in [-0.1, -0.05) is 11.6 Å². The lowest BCUT2D eigenvalue weighted by Crippen LogP contribution is -2.55. The van der Waals surface area contributed by atoms with Gasteiger partial charge < -0.3 is 14.5 Å². The lowest BCUT2D eigenvalue weighted by Gasteiger charge is -2.36. The van der Waals surface area contributed by atoms with Crippen LogP contribution < -0.4 is 9.46 Å². The van der Waals surface area contributed by atoms with Gasteiger partial charge in [0, 0.05) is 36.8 Å². The van der Waals surface area contributed by atoms with E-state index in [9.17, 15) is 18.0 Å². The van der Waals surface area contributed by atoms with Crippen LogP contribution in [-0.4, -0.2) is 69.4 Å². The number of hydrogen-bond acceptors (Lipinski definition) is 5. The molecule has 0 saturated carbocycles. The first kappa shape index (κ1) is 23.1. The minimum atomic E-state index is -3.86. The van der Waals surface area contributed by atoms with Gasteiger partial charge in [-0.25, -0.2) is 8.42 Å². The Morgan fingerprint density at radius 1 is 0.968 bits per heavy atom. The van der Waals surface area contributed by atoms with Gasteiger partial charge in [-0.05, 0) is 55.5 Å². The Hall–Kier alpha value is -2.62. The predicted molar refractivity (Wildman–Crippen MR) is 117 cm³/mol. The quantitative estimate of drug-likeness (QED) is 0.704. The number of amides is 2. The molecule has 1 aliphatic rings. The number of halogens is 1. The van der Waals surface area contributed by atoms with Crippen LogP contribution >= 0.6 is 11.6 Å². The van der Waals surface area contributed by atoms with E-state index in [0.29, 0.717) is 42.5 Å². The summed E-state index contributed by atoms with van der Waals surface area (Å²) in [5.41, 5.74) is 0.546. The van der Waals surface area contributed by atoms with Crippen molar-refractivity contribution in [3.8, 4) is 5.75 Å². The number of benzene rings is 2. The van der Waals surface area contributed by atoms with Gasteiger partial charge in [0.1, 0.15) is 5.75 Å². The van der Waals surface area contributed by atoms with Gasteiger partial charge >= 0.3 is 0 Å². The number of nitrogens with zero attached hydrogens (tertiary/aromatic N) is 2. The molecule has 0 aliphatic carbocycles. The Balaban J connectivity index is 1.56. The van der Waals surface area contributed by atoms with Crippen molar-refractivity contribution in [1.29, 1.82) is 0 Å². The zero-order valence-electron chi connectivity index (χ0n) is 17.2. The summed E-state index contributed by atoms with van der Waals surface area (Å²) in [4.78, 5) is 28.7. The molecule has 10 heteroatoms. The highest BCUT2D eigenvalue weighted by Gasteiger charge is 2.29. The molecule has 31 heavy (non-hydrogen) atoms. The number of carbonyl (C=O) groups is 2. The molecule has 0 radical (unpaired) electrons. The van der Waals surface area contributed by atoms with Crippen LogP contribution in [0.4, 0.5) is 0 Å². The number of methoxy groups -OCH3 is 1. The number of nitrogens with one attached hydrogen (secondary N) is 1. The Bertz CT molecular complexity index is 1030. The first-order valence-corrected chi connectivity index (χ1v) is 11.6. The van der Waals surface area contributed by atoms with Gasteiger partial charge in [0.25, 0.3) is 5.91 Å². The fourth-order valence-corrected chi connectivity index (χ4v) is 4.61. The molecule has 3 rings (SSSR count). The highest BCUT2D eigenvalue weighted by Crippen LogP contribution is 2.16. The van der Waals surface area contributed by atoms with Gasteiger partial charge in [-0.2, -0.15) is 4.72 Å². The summed E-state index contributed by atoms with van der Waals surface area (Å²) in [5, 5.41) is 0.421. The van der Waals surface area contributed by atoms with Crippen LogP contribution in [0.5, 0.6) is 5.75 Å². The fourth-order valence-electron chi connectivity index (χ4n) is 3.28. The zero-order chi connectivity index (χ0) is 22.6. The number of ether oxygens (including phenoxy) is 1. The molecular formula is C21H24ClN3O5S. The highest BCUT2D eigenvalue weighted by molar-refractivity contribution is 7.89. The average molecular weight is 466 g/mol. The zero-order valence-corrected chi connectivity index (χ0v) is 18.8. The third kappa shape index (κ3) is 5.55. The summed E-state index contributed by atoms with van der Waals surface area (Å²) >= 11 is 5.80. The Labute approximate surface area is 186 Å². The Morgan fingerprint density at radius 3 is 2.06 bits per heavy atom. The Kier molecular flexibility index (Phi) is 7.19. The van der Waals surface area contributed by atoms with Crippen molar-refractivity contribution in [3.05, 3.63) is 59.1 Å². The number of rotatable bonds is 6. The standard InChI is InChI=1S/C21H24ClN3O5S/c1-15(23-31(28,29)19-9-5-17(22)6-10-19)20(26)24-11-13-25(14-12-24)21(27)16-3-7-18(30-2)8-4-16/h3-10,15,23H,11-14H2,1-2H3/t15-/m0/s1. The largest absolute Gasteiger partial charge is 0.497 e. The van der Waals surface area contributed by atoms with Crippen molar-refractivity contribution in [2.24, 2.45) is 0 Å². The first-order valence-electron chi connectivity index (χ1n) is 9.71. The van der Waals surface area contributed by atoms with E-state index in [2.05, 4.69) is 4.72 Å². The van der Waals surface area contributed by atoms with E-state index in [0.717, 1.165) is 0 Å². The maximum atomic E-state index is 12.7. The lowest BCUT2D eigenvalue weighted by atomic mass is 10.1. The van der Waals surface area contributed by atoms with Crippen LogP contribution in [0.2, 0.25) is 5.02 Å². The highest BCUT2D eigenvalue weighted by atomic mass is 35.5. The summed E-state index contributed by atoms with van der Waals surface area (Å²) < 4.78 is 32.5. The molecule has 1 N–H and O–H groups in total. The van der Waals surface area contributed by atoms with Crippen molar-refractivity contribution in [2.45, 2.75) is 17.9 Å². The second-order valence-corrected chi connectivity index (χ2v) is 9.29. The first-order chi connectivity index (χ1) is 14.7. The molecule has 2 aromatic rings. The van der Waals surface area contributed by atoms with Gasteiger partial charge in [0.2, 0.25) is 15.9 Å². The predicted octanol–water partition coefficient (Wildman–Crippen LogP) is 2.00. The molecule has 0 aromatic heterocycles. The molecule has 1 aliphatic heterocycles. The molecule has 0 spiro atoms.